The van der Waals surface area contributed by atoms with Crippen molar-refractivity contribution in [3.63, 3.8) is 0 Å². The minimum atomic E-state index is 0.263. The van der Waals surface area contributed by atoms with Gasteiger partial charge in [0, 0.05) is 23.7 Å². The van der Waals surface area contributed by atoms with Crippen LogP contribution in [0.5, 0.6) is 0 Å². The van der Waals surface area contributed by atoms with Crippen LogP contribution in [0.15, 0.2) is 12.3 Å². The number of rotatable bonds is 6. The summed E-state index contributed by atoms with van der Waals surface area (Å²) < 4.78 is 0. The zero-order valence-corrected chi connectivity index (χ0v) is 11.9. The van der Waals surface area contributed by atoms with E-state index in [1.54, 1.807) is 11.3 Å². The van der Waals surface area contributed by atoms with Gasteiger partial charge in [0.05, 0.1) is 6.54 Å². The summed E-state index contributed by atoms with van der Waals surface area (Å²) in [7, 11) is 0. The first-order valence-corrected chi connectivity index (χ1v) is 7.02. The number of nitrogens with two attached hydrogens (primary N) is 1. The lowest BCUT2D eigenvalue weighted by molar-refractivity contribution is 0.965. The topological polar surface area (TPSA) is 88.8 Å². The first kappa shape index (κ1) is 13.5. The van der Waals surface area contributed by atoms with Crippen molar-refractivity contribution in [2.45, 2.75) is 26.8 Å². The summed E-state index contributed by atoms with van der Waals surface area (Å²) >= 11 is 1.67. The van der Waals surface area contributed by atoms with Gasteiger partial charge in [-0.3, -0.25) is 0 Å². The third kappa shape index (κ3) is 4.06. The van der Waals surface area contributed by atoms with Gasteiger partial charge in [0.15, 0.2) is 0 Å². The Morgan fingerprint density at radius 2 is 2.00 bits per heavy atom. The molecule has 7 heteroatoms. The summed E-state index contributed by atoms with van der Waals surface area (Å²) in [6.07, 6.45) is 2.90. The SMILES string of the molecule is CCCNc1cc(NCc2ncc(C)s2)nc(N)n1. The van der Waals surface area contributed by atoms with Gasteiger partial charge in [0.2, 0.25) is 5.95 Å². The Morgan fingerprint density at radius 1 is 1.26 bits per heavy atom. The van der Waals surface area contributed by atoms with E-state index in [4.69, 9.17) is 5.73 Å². The molecule has 6 nitrogen and oxygen atoms in total. The molecule has 0 aliphatic heterocycles. The second-order valence-corrected chi connectivity index (χ2v) is 5.46. The molecule has 0 fully saturated rings. The van der Waals surface area contributed by atoms with Gasteiger partial charge in [-0.05, 0) is 13.3 Å². The lowest BCUT2D eigenvalue weighted by atomic mass is 10.4. The lowest BCUT2D eigenvalue weighted by Crippen LogP contribution is -2.08. The van der Waals surface area contributed by atoms with E-state index in [0.717, 1.165) is 23.8 Å². The van der Waals surface area contributed by atoms with Gasteiger partial charge in [-0.1, -0.05) is 6.92 Å². The summed E-state index contributed by atoms with van der Waals surface area (Å²) in [5.41, 5.74) is 5.69. The van der Waals surface area contributed by atoms with E-state index in [2.05, 4.69) is 32.5 Å². The van der Waals surface area contributed by atoms with Gasteiger partial charge in [-0.25, -0.2) is 4.98 Å². The standard InChI is InChI=1S/C12H18N6S/c1-3-4-14-9-5-10(18-12(13)17-9)15-7-11-16-6-8(2)19-11/h5-6H,3-4,7H2,1-2H3,(H4,13,14,15,17,18). The molecular weight excluding hydrogens is 260 g/mol. The lowest BCUT2D eigenvalue weighted by Gasteiger charge is -2.08. The van der Waals surface area contributed by atoms with Crippen molar-refractivity contribution in [2.24, 2.45) is 0 Å². The zero-order valence-electron chi connectivity index (χ0n) is 11.1. The number of nitrogens with one attached hydrogen (secondary N) is 2. The number of thiazole rings is 1. The van der Waals surface area contributed by atoms with Gasteiger partial charge >= 0.3 is 0 Å². The molecule has 0 unspecified atom stereocenters. The normalized spacial score (nSPS) is 10.4. The monoisotopic (exact) mass is 278 g/mol. The number of hydrogen-bond donors (Lipinski definition) is 3. The van der Waals surface area contributed by atoms with E-state index in [0.29, 0.717) is 12.4 Å². The van der Waals surface area contributed by atoms with Crippen LogP contribution in [0.2, 0.25) is 0 Å². The van der Waals surface area contributed by atoms with E-state index < -0.39 is 0 Å². The highest BCUT2D eigenvalue weighted by atomic mass is 32.1. The molecular formula is C12H18N6S. The van der Waals surface area contributed by atoms with Crippen LogP contribution in [0.1, 0.15) is 23.2 Å². The summed E-state index contributed by atoms with van der Waals surface area (Å²) in [6, 6.07) is 1.85. The molecule has 102 valence electrons. The number of anilines is 3. The quantitative estimate of drug-likeness (QED) is 0.751. The molecule has 19 heavy (non-hydrogen) atoms. The van der Waals surface area contributed by atoms with Crippen LogP contribution in [-0.4, -0.2) is 21.5 Å². The van der Waals surface area contributed by atoms with Crippen molar-refractivity contribution >= 4 is 28.9 Å². The molecule has 0 aromatic carbocycles. The third-order valence-electron chi connectivity index (χ3n) is 2.39. The van der Waals surface area contributed by atoms with E-state index >= 15 is 0 Å². The Morgan fingerprint density at radius 3 is 2.63 bits per heavy atom. The second kappa shape index (κ2) is 6.33. The maximum Gasteiger partial charge on any atom is 0.223 e. The molecule has 0 saturated heterocycles. The maximum absolute atomic E-state index is 5.69. The van der Waals surface area contributed by atoms with E-state index in [9.17, 15) is 0 Å². The molecule has 0 amide bonds. The van der Waals surface area contributed by atoms with Crippen LogP contribution in [0, 0.1) is 6.92 Å². The average Bonchev–Trinajstić information content (AvgIpc) is 2.79. The Kier molecular flexibility index (Phi) is 4.51. The Hall–Kier alpha value is -1.89. The first-order chi connectivity index (χ1) is 9.17. The molecule has 2 rings (SSSR count). The number of nitrogen functional groups attached to an aromatic ring is 1. The molecule has 2 aromatic heterocycles. The Labute approximate surface area is 116 Å². The Bertz CT molecular complexity index is 539. The second-order valence-electron chi connectivity index (χ2n) is 4.14. The smallest absolute Gasteiger partial charge is 0.223 e. The fourth-order valence-corrected chi connectivity index (χ4v) is 2.28. The van der Waals surface area contributed by atoms with Crippen molar-refractivity contribution in [2.75, 3.05) is 22.9 Å². The van der Waals surface area contributed by atoms with Crippen molar-refractivity contribution < 1.29 is 0 Å². The van der Waals surface area contributed by atoms with E-state index in [1.165, 1.54) is 4.88 Å². The Balaban J connectivity index is 2.01. The van der Waals surface area contributed by atoms with Crippen molar-refractivity contribution in [1.82, 2.24) is 15.0 Å². The highest BCUT2D eigenvalue weighted by Crippen LogP contribution is 2.16. The molecule has 0 atom stereocenters. The summed E-state index contributed by atoms with van der Waals surface area (Å²) in [5, 5.41) is 7.43. The summed E-state index contributed by atoms with van der Waals surface area (Å²) in [4.78, 5) is 13.8. The molecule has 0 spiro atoms. The van der Waals surface area contributed by atoms with Gasteiger partial charge in [0.25, 0.3) is 0 Å². The predicted molar refractivity (Wildman–Crippen MR) is 79.4 cm³/mol. The fraction of sp³-hybridized carbons (Fsp3) is 0.417. The maximum atomic E-state index is 5.69. The minimum absolute atomic E-state index is 0.263. The van der Waals surface area contributed by atoms with Gasteiger partial charge < -0.3 is 16.4 Å². The minimum Gasteiger partial charge on any atom is -0.370 e. The molecule has 2 aromatic rings. The fourth-order valence-electron chi connectivity index (χ4n) is 1.55. The molecule has 0 aliphatic rings. The van der Waals surface area contributed by atoms with Crippen LogP contribution >= 0.6 is 11.3 Å². The van der Waals surface area contributed by atoms with Gasteiger partial charge in [-0.15, -0.1) is 11.3 Å². The van der Waals surface area contributed by atoms with Crippen molar-refractivity contribution in [3.8, 4) is 0 Å². The van der Waals surface area contributed by atoms with Crippen LogP contribution in [0.4, 0.5) is 17.6 Å². The van der Waals surface area contributed by atoms with Crippen molar-refractivity contribution in [1.29, 1.82) is 0 Å². The third-order valence-corrected chi connectivity index (χ3v) is 3.30. The zero-order chi connectivity index (χ0) is 13.7. The molecule has 0 bridgehead atoms. The molecule has 2 heterocycles. The number of aromatic nitrogens is 3. The molecule has 0 aliphatic carbocycles. The number of aryl methyl sites for hydroxylation is 1. The van der Waals surface area contributed by atoms with E-state index in [1.807, 2.05) is 19.2 Å². The highest BCUT2D eigenvalue weighted by Gasteiger charge is 2.03. The summed E-state index contributed by atoms with van der Waals surface area (Å²) in [5.74, 6) is 1.71. The highest BCUT2D eigenvalue weighted by molar-refractivity contribution is 7.11. The largest absolute Gasteiger partial charge is 0.370 e. The molecule has 0 radical (unpaired) electrons. The van der Waals surface area contributed by atoms with E-state index in [-0.39, 0.29) is 5.95 Å². The number of nitrogens with zero attached hydrogens (tertiary/aromatic N) is 3. The first-order valence-electron chi connectivity index (χ1n) is 6.21. The van der Waals surface area contributed by atoms with Crippen LogP contribution < -0.4 is 16.4 Å². The molecule has 0 saturated carbocycles. The van der Waals surface area contributed by atoms with Gasteiger partial charge in [0.1, 0.15) is 16.6 Å². The average molecular weight is 278 g/mol. The predicted octanol–water partition coefficient (Wildman–Crippen LogP) is 2.26. The number of hydrogen-bond acceptors (Lipinski definition) is 7. The molecule has 4 N–H and O–H groups in total. The van der Waals surface area contributed by atoms with Crippen LogP contribution in [0.25, 0.3) is 0 Å². The van der Waals surface area contributed by atoms with Crippen molar-refractivity contribution in [3.05, 3.63) is 22.1 Å². The van der Waals surface area contributed by atoms with Gasteiger partial charge in [-0.2, -0.15) is 9.97 Å². The van der Waals surface area contributed by atoms with Crippen LogP contribution in [-0.2, 0) is 6.54 Å². The summed E-state index contributed by atoms with van der Waals surface area (Å²) in [6.45, 7) is 5.64. The van der Waals surface area contributed by atoms with Crippen LogP contribution in [0.3, 0.4) is 0 Å².